The van der Waals surface area contributed by atoms with E-state index in [1.165, 1.54) is 6.92 Å². The van der Waals surface area contributed by atoms with Crippen LogP contribution in [0, 0.1) is 6.92 Å². The minimum atomic E-state index is -0.0753. The molecule has 0 radical (unpaired) electrons. The standard InChI is InChI=1S/C12H10ClNO2/c1-7(15)11-8(2)16-14-12(11)9-5-3-4-6-10(9)13/h3-6H,1-2H3. The number of carbonyl (C=O) groups is 1. The summed E-state index contributed by atoms with van der Waals surface area (Å²) >= 11 is 6.05. The van der Waals surface area contributed by atoms with Crippen LogP contribution in [-0.2, 0) is 0 Å². The fourth-order valence-corrected chi connectivity index (χ4v) is 1.85. The van der Waals surface area contributed by atoms with Gasteiger partial charge in [0.05, 0.1) is 10.6 Å². The van der Waals surface area contributed by atoms with E-state index in [4.69, 9.17) is 16.1 Å². The summed E-state index contributed by atoms with van der Waals surface area (Å²) in [5.41, 5.74) is 1.72. The van der Waals surface area contributed by atoms with Gasteiger partial charge in [0.2, 0.25) is 0 Å². The quantitative estimate of drug-likeness (QED) is 0.748. The van der Waals surface area contributed by atoms with Gasteiger partial charge in [-0.05, 0) is 19.9 Å². The first kappa shape index (κ1) is 10.9. The minimum Gasteiger partial charge on any atom is -0.360 e. The molecule has 0 unspecified atom stereocenters. The number of aryl methyl sites for hydroxylation is 1. The predicted octanol–water partition coefficient (Wildman–Crippen LogP) is 3.51. The molecule has 0 amide bonds. The van der Waals surface area contributed by atoms with Crippen molar-refractivity contribution in [3.63, 3.8) is 0 Å². The van der Waals surface area contributed by atoms with Crippen molar-refractivity contribution in [2.75, 3.05) is 0 Å². The lowest BCUT2D eigenvalue weighted by Gasteiger charge is -2.01. The van der Waals surface area contributed by atoms with E-state index >= 15 is 0 Å². The van der Waals surface area contributed by atoms with E-state index in [0.29, 0.717) is 27.6 Å². The van der Waals surface area contributed by atoms with Crippen LogP contribution in [0.15, 0.2) is 28.8 Å². The second-order valence-electron chi connectivity index (χ2n) is 3.50. The molecule has 0 fully saturated rings. The molecule has 3 nitrogen and oxygen atoms in total. The number of benzene rings is 1. The van der Waals surface area contributed by atoms with Crippen LogP contribution >= 0.6 is 11.6 Å². The molecule has 82 valence electrons. The van der Waals surface area contributed by atoms with Crippen LogP contribution < -0.4 is 0 Å². The van der Waals surface area contributed by atoms with Crippen LogP contribution in [0.2, 0.25) is 5.02 Å². The molecular formula is C12H10ClNO2. The van der Waals surface area contributed by atoms with Crippen molar-refractivity contribution in [3.05, 3.63) is 40.6 Å². The first-order valence-electron chi connectivity index (χ1n) is 4.83. The minimum absolute atomic E-state index is 0.0753. The zero-order valence-corrected chi connectivity index (χ0v) is 9.71. The highest BCUT2D eigenvalue weighted by molar-refractivity contribution is 6.33. The molecule has 0 spiro atoms. The molecule has 1 heterocycles. The number of ketones is 1. The van der Waals surface area contributed by atoms with Crippen LogP contribution in [0.5, 0.6) is 0 Å². The van der Waals surface area contributed by atoms with Crippen molar-refractivity contribution in [2.24, 2.45) is 0 Å². The second kappa shape index (κ2) is 4.10. The summed E-state index contributed by atoms with van der Waals surface area (Å²) in [4.78, 5) is 11.5. The molecule has 0 aliphatic heterocycles. The fourth-order valence-electron chi connectivity index (χ4n) is 1.62. The van der Waals surface area contributed by atoms with Crippen LogP contribution in [-0.4, -0.2) is 10.9 Å². The molecule has 1 aromatic carbocycles. The topological polar surface area (TPSA) is 43.1 Å². The number of carbonyl (C=O) groups excluding carboxylic acids is 1. The maximum atomic E-state index is 11.5. The van der Waals surface area contributed by atoms with Crippen molar-refractivity contribution in [1.82, 2.24) is 5.16 Å². The van der Waals surface area contributed by atoms with Gasteiger partial charge in [-0.1, -0.05) is 35.0 Å². The second-order valence-corrected chi connectivity index (χ2v) is 3.91. The number of hydrogen-bond donors (Lipinski definition) is 0. The van der Waals surface area contributed by atoms with Gasteiger partial charge in [0.25, 0.3) is 0 Å². The van der Waals surface area contributed by atoms with E-state index in [1.807, 2.05) is 18.2 Å². The average molecular weight is 236 g/mol. The summed E-state index contributed by atoms with van der Waals surface area (Å²) in [6.07, 6.45) is 0. The van der Waals surface area contributed by atoms with Gasteiger partial charge >= 0.3 is 0 Å². The Morgan fingerprint density at radius 2 is 2.06 bits per heavy atom. The van der Waals surface area contributed by atoms with Crippen molar-refractivity contribution in [3.8, 4) is 11.3 Å². The van der Waals surface area contributed by atoms with Gasteiger partial charge in [0.15, 0.2) is 5.78 Å². The lowest BCUT2D eigenvalue weighted by Crippen LogP contribution is -1.95. The Balaban J connectivity index is 2.66. The SMILES string of the molecule is CC(=O)c1c(-c2ccccc2Cl)noc1C. The molecule has 2 rings (SSSR count). The van der Waals surface area contributed by atoms with Crippen LogP contribution in [0.1, 0.15) is 23.0 Å². The van der Waals surface area contributed by atoms with Crippen molar-refractivity contribution >= 4 is 17.4 Å². The fraction of sp³-hybridized carbons (Fsp3) is 0.167. The highest BCUT2D eigenvalue weighted by atomic mass is 35.5. The number of Topliss-reactive ketones (excluding diaryl/α,β-unsaturated/α-hetero) is 1. The van der Waals surface area contributed by atoms with Crippen LogP contribution in [0.3, 0.4) is 0 Å². The van der Waals surface area contributed by atoms with E-state index in [0.717, 1.165) is 0 Å². The maximum Gasteiger partial charge on any atom is 0.165 e. The maximum absolute atomic E-state index is 11.5. The highest BCUT2D eigenvalue weighted by Gasteiger charge is 2.19. The highest BCUT2D eigenvalue weighted by Crippen LogP contribution is 2.30. The molecule has 4 heteroatoms. The van der Waals surface area contributed by atoms with Gasteiger partial charge in [0, 0.05) is 5.56 Å². The lowest BCUT2D eigenvalue weighted by atomic mass is 10.0. The van der Waals surface area contributed by atoms with Crippen LogP contribution in [0.25, 0.3) is 11.3 Å². The lowest BCUT2D eigenvalue weighted by molar-refractivity contribution is 0.101. The summed E-state index contributed by atoms with van der Waals surface area (Å²) in [7, 11) is 0. The zero-order chi connectivity index (χ0) is 11.7. The first-order valence-corrected chi connectivity index (χ1v) is 5.21. The van der Waals surface area contributed by atoms with Gasteiger partial charge in [-0.15, -0.1) is 0 Å². The molecule has 0 aliphatic carbocycles. The largest absolute Gasteiger partial charge is 0.360 e. The monoisotopic (exact) mass is 235 g/mol. The van der Waals surface area contributed by atoms with E-state index in [9.17, 15) is 4.79 Å². The number of halogens is 1. The Morgan fingerprint density at radius 3 is 2.69 bits per heavy atom. The molecule has 0 bridgehead atoms. The number of rotatable bonds is 2. The van der Waals surface area contributed by atoms with Crippen LogP contribution in [0.4, 0.5) is 0 Å². The predicted molar refractivity (Wildman–Crippen MR) is 61.7 cm³/mol. The van der Waals surface area contributed by atoms with Crippen molar-refractivity contribution < 1.29 is 9.32 Å². The summed E-state index contributed by atoms with van der Waals surface area (Å²) in [5, 5.41) is 4.44. The van der Waals surface area contributed by atoms with Gasteiger partial charge < -0.3 is 4.52 Å². The van der Waals surface area contributed by atoms with Gasteiger partial charge in [0.1, 0.15) is 11.5 Å². The zero-order valence-electron chi connectivity index (χ0n) is 8.95. The van der Waals surface area contributed by atoms with E-state index in [2.05, 4.69) is 5.16 Å². The molecule has 2 aromatic rings. The van der Waals surface area contributed by atoms with Gasteiger partial charge in [-0.3, -0.25) is 4.79 Å². The molecule has 0 saturated carbocycles. The Labute approximate surface area is 98.0 Å². The molecule has 16 heavy (non-hydrogen) atoms. The molecular weight excluding hydrogens is 226 g/mol. The Morgan fingerprint density at radius 1 is 1.38 bits per heavy atom. The van der Waals surface area contributed by atoms with E-state index in [-0.39, 0.29) is 5.78 Å². The average Bonchev–Trinajstić information content (AvgIpc) is 2.61. The van der Waals surface area contributed by atoms with Gasteiger partial charge in [-0.2, -0.15) is 0 Å². The molecule has 0 atom stereocenters. The molecule has 0 saturated heterocycles. The van der Waals surface area contributed by atoms with E-state index in [1.54, 1.807) is 13.0 Å². The number of aromatic nitrogens is 1. The third-order valence-corrected chi connectivity index (χ3v) is 2.67. The third-order valence-electron chi connectivity index (χ3n) is 2.34. The van der Waals surface area contributed by atoms with Gasteiger partial charge in [-0.25, -0.2) is 0 Å². The number of hydrogen-bond acceptors (Lipinski definition) is 3. The Kier molecular flexibility index (Phi) is 2.79. The van der Waals surface area contributed by atoms with Crippen molar-refractivity contribution in [1.29, 1.82) is 0 Å². The summed E-state index contributed by atoms with van der Waals surface area (Å²) in [6.45, 7) is 3.20. The molecule has 0 N–H and O–H groups in total. The molecule has 1 aromatic heterocycles. The smallest absolute Gasteiger partial charge is 0.165 e. The first-order chi connectivity index (χ1) is 7.61. The molecule has 0 aliphatic rings. The summed E-state index contributed by atoms with van der Waals surface area (Å²) in [6, 6.07) is 7.23. The summed E-state index contributed by atoms with van der Waals surface area (Å²) in [5.74, 6) is 0.441. The Hall–Kier alpha value is -1.61. The normalized spacial score (nSPS) is 10.4. The van der Waals surface area contributed by atoms with E-state index < -0.39 is 0 Å². The van der Waals surface area contributed by atoms with Crippen molar-refractivity contribution in [2.45, 2.75) is 13.8 Å². The Bertz CT molecular complexity index is 546. The summed E-state index contributed by atoms with van der Waals surface area (Å²) < 4.78 is 5.04. The number of nitrogens with zero attached hydrogens (tertiary/aromatic N) is 1. The third kappa shape index (κ3) is 1.74.